The van der Waals surface area contributed by atoms with E-state index in [2.05, 4.69) is 0 Å². The molecule has 1 rings (SSSR count). The molecule has 0 spiro atoms. The number of amides is 2. The molecule has 1 unspecified atom stereocenters. The predicted octanol–water partition coefficient (Wildman–Crippen LogP) is 1.58. The lowest BCUT2D eigenvalue weighted by Crippen LogP contribution is -2.52. The average molecular weight is 299 g/mol. The third kappa shape index (κ3) is 4.88. The summed E-state index contributed by atoms with van der Waals surface area (Å²) in [6, 6.07) is -0.453. The van der Waals surface area contributed by atoms with E-state index in [0.29, 0.717) is 13.1 Å². The Morgan fingerprint density at radius 1 is 1.29 bits per heavy atom. The number of carbonyl (C=O) groups is 2. The molecule has 21 heavy (non-hydrogen) atoms. The normalized spacial score (nSPS) is 20.6. The third-order valence-electron chi connectivity index (χ3n) is 3.41. The molecule has 0 aliphatic carbocycles. The first-order chi connectivity index (χ1) is 9.53. The molecule has 0 bridgehead atoms. The fourth-order valence-electron chi connectivity index (χ4n) is 2.55. The molecule has 6 heteroatoms. The molecule has 2 N–H and O–H groups in total. The van der Waals surface area contributed by atoms with Crippen LogP contribution in [0.5, 0.6) is 0 Å². The maximum atomic E-state index is 12.2. The molecule has 1 aliphatic rings. The molecule has 6 nitrogen and oxygen atoms in total. The summed E-state index contributed by atoms with van der Waals surface area (Å²) < 4.78 is 5.38. The van der Waals surface area contributed by atoms with Crippen LogP contribution < -0.4 is 5.73 Å². The Bertz CT molecular complexity index is 388. The first-order valence-electron chi connectivity index (χ1n) is 7.58. The van der Waals surface area contributed by atoms with Crippen LogP contribution in [0.15, 0.2) is 0 Å². The van der Waals surface area contributed by atoms with Gasteiger partial charge in [0.05, 0.1) is 12.1 Å². The highest BCUT2D eigenvalue weighted by atomic mass is 16.6. The number of ether oxygens (including phenoxy) is 1. The molecule has 1 fully saturated rings. The summed E-state index contributed by atoms with van der Waals surface area (Å²) in [4.78, 5) is 27.8. The van der Waals surface area contributed by atoms with Gasteiger partial charge in [0.25, 0.3) is 0 Å². The van der Waals surface area contributed by atoms with Crippen LogP contribution in [0.3, 0.4) is 0 Å². The van der Waals surface area contributed by atoms with Crippen molar-refractivity contribution in [2.24, 2.45) is 5.73 Å². The Kier molecular flexibility index (Phi) is 5.61. The zero-order valence-corrected chi connectivity index (χ0v) is 14.0. The standard InChI is InChI=1S/C15H29N3O3/c1-10(2)18(13(19)11(3)16)12-7-8-17(9-12)14(20)21-15(4,5)6/h10-12H,7-9,16H2,1-6H3/t11-,12?/m0/s1. The lowest BCUT2D eigenvalue weighted by Gasteiger charge is -2.34. The lowest BCUT2D eigenvalue weighted by molar-refractivity contribution is -0.136. The zero-order chi connectivity index (χ0) is 16.4. The first kappa shape index (κ1) is 17.8. The monoisotopic (exact) mass is 299 g/mol. The Labute approximate surface area is 127 Å². The number of nitrogens with two attached hydrogens (primary N) is 1. The predicted molar refractivity (Wildman–Crippen MR) is 81.8 cm³/mol. The molecule has 1 heterocycles. The second-order valence-electron chi connectivity index (χ2n) is 7.00. The van der Waals surface area contributed by atoms with E-state index >= 15 is 0 Å². The maximum Gasteiger partial charge on any atom is 0.410 e. The third-order valence-corrected chi connectivity index (χ3v) is 3.41. The van der Waals surface area contributed by atoms with Gasteiger partial charge in [0.2, 0.25) is 5.91 Å². The van der Waals surface area contributed by atoms with Gasteiger partial charge < -0.3 is 20.3 Å². The Morgan fingerprint density at radius 2 is 1.86 bits per heavy atom. The number of carbonyl (C=O) groups excluding carboxylic acids is 2. The zero-order valence-electron chi connectivity index (χ0n) is 14.0. The van der Waals surface area contributed by atoms with E-state index in [1.807, 2.05) is 34.6 Å². The van der Waals surface area contributed by atoms with Crippen LogP contribution >= 0.6 is 0 Å². The van der Waals surface area contributed by atoms with Gasteiger partial charge in [-0.1, -0.05) is 0 Å². The van der Waals surface area contributed by atoms with Crippen LogP contribution in [0, 0.1) is 0 Å². The molecule has 1 aliphatic heterocycles. The van der Waals surface area contributed by atoms with Crippen molar-refractivity contribution in [3.05, 3.63) is 0 Å². The van der Waals surface area contributed by atoms with E-state index in [0.717, 1.165) is 6.42 Å². The minimum atomic E-state index is -0.525. The molecular weight excluding hydrogens is 270 g/mol. The van der Waals surface area contributed by atoms with E-state index in [9.17, 15) is 9.59 Å². The highest BCUT2D eigenvalue weighted by Crippen LogP contribution is 2.21. The van der Waals surface area contributed by atoms with Crippen LogP contribution in [0.1, 0.15) is 48.0 Å². The van der Waals surface area contributed by atoms with Gasteiger partial charge in [-0.15, -0.1) is 0 Å². The summed E-state index contributed by atoms with van der Waals surface area (Å²) in [5.74, 6) is -0.0685. The number of likely N-dealkylation sites (tertiary alicyclic amines) is 1. The van der Waals surface area contributed by atoms with Crippen molar-refractivity contribution in [2.75, 3.05) is 13.1 Å². The number of nitrogens with zero attached hydrogens (tertiary/aromatic N) is 2. The van der Waals surface area contributed by atoms with Crippen LogP contribution in [0.4, 0.5) is 4.79 Å². The van der Waals surface area contributed by atoms with Crippen LogP contribution in [-0.4, -0.2) is 58.6 Å². The van der Waals surface area contributed by atoms with E-state index in [-0.39, 0.29) is 24.1 Å². The largest absolute Gasteiger partial charge is 0.444 e. The highest BCUT2D eigenvalue weighted by Gasteiger charge is 2.36. The van der Waals surface area contributed by atoms with Crippen LogP contribution in [-0.2, 0) is 9.53 Å². The average Bonchev–Trinajstić information content (AvgIpc) is 2.75. The minimum absolute atomic E-state index is 0.0102. The fourth-order valence-corrected chi connectivity index (χ4v) is 2.55. The van der Waals surface area contributed by atoms with Crippen molar-refractivity contribution in [2.45, 2.75) is 71.7 Å². The minimum Gasteiger partial charge on any atom is -0.444 e. The number of rotatable bonds is 3. The molecule has 0 radical (unpaired) electrons. The van der Waals surface area contributed by atoms with Crippen molar-refractivity contribution in [3.63, 3.8) is 0 Å². The van der Waals surface area contributed by atoms with Crippen molar-refractivity contribution >= 4 is 12.0 Å². The molecule has 0 saturated carbocycles. The summed E-state index contributed by atoms with van der Waals surface area (Å²) in [7, 11) is 0. The van der Waals surface area contributed by atoms with Crippen molar-refractivity contribution in [3.8, 4) is 0 Å². The summed E-state index contributed by atoms with van der Waals surface area (Å²) in [6.07, 6.45) is 0.442. The van der Waals surface area contributed by atoms with Gasteiger partial charge in [-0.25, -0.2) is 4.79 Å². The molecule has 0 aromatic heterocycles. The highest BCUT2D eigenvalue weighted by molar-refractivity contribution is 5.82. The van der Waals surface area contributed by atoms with Crippen LogP contribution in [0.25, 0.3) is 0 Å². The van der Waals surface area contributed by atoms with Crippen molar-refractivity contribution in [1.82, 2.24) is 9.80 Å². The maximum absolute atomic E-state index is 12.2. The molecule has 0 aromatic carbocycles. The summed E-state index contributed by atoms with van der Waals surface area (Å²) >= 11 is 0. The second kappa shape index (κ2) is 6.64. The van der Waals surface area contributed by atoms with E-state index in [4.69, 9.17) is 10.5 Å². The van der Waals surface area contributed by atoms with Crippen molar-refractivity contribution < 1.29 is 14.3 Å². The Morgan fingerprint density at radius 3 is 2.29 bits per heavy atom. The lowest BCUT2D eigenvalue weighted by atomic mass is 10.1. The summed E-state index contributed by atoms with van der Waals surface area (Å²) in [6.45, 7) is 12.3. The van der Waals surface area contributed by atoms with E-state index < -0.39 is 11.6 Å². The molecule has 0 aromatic rings. The molecule has 122 valence electrons. The molecule has 2 atom stereocenters. The fraction of sp³-hybridized carbons (Fsp3) is 0.867. The van der Waals surface area contributed by atoms with Gasteiger partial charge in [-0.3, -0.25) is 4.79 Å². The van der Waals surface area contributed by atoms with Gasteiger partial charge in [0.1, 0.15) is 5.60 Å². The summed E-state index contributed by atoms with van der Waals surface area (Å²) in [5.41, 5.74) is 5.22. The van der Waals surface area contributed by atoms with Gasteiger partial charge in [0.15, 0.2) is 0 Å². The number of hydrogen-bond acceptors (Lipinski definition) is 4. The van der Waals surface area contributed by atoms with E-state index in [1.54, 1.807) is 16.7 Å². The van der Waals surface area contributed by atoms with E-state index in [1.165, 1.54) is 0 Å². The summed E-state index contributed by atoms with van der Waals surface area (Å²) in [5, 5.41) is 0. The second-order valence-corrected chi connectivity index (χ2v) is 7.00. The van der Waals surface area contributed by atoms with Gasteiger partial charge in [-0.2, -0.15) is 0 Å². The molecule has 2 amide bonds. The van der Waals surface area contributed by atoms with Gasteiger partial charge in [-0.05, 0) is 48.0 Å². The first-order valence-corrected chi connectivity index (χ1v) is 7.58. The number of hydrogen-bond donors (Lipinski definition) is 1. The smallest absolute Gasteiger partial charge is 0.410 e. The molecular formula is C15H29N3O3. The molecule has 1 saturated heterocycles. The van der Waals surface area contributed by atoms with Gasteiger partial charge >= 0.3 is 6.09 Å². The quantitative estimate of drug-likeness (QED) is 0.858. The Balaban J connectivity index is 2.71. The SMILES string of the molecule is CC(C)N(C(=O)[C@H](C)N)C1CCN(C(=O)OC(C)(C)C)C1. The van der Waals surface area contributed by atoms with Crippen LogP contribution in [0.2, 0.25) is 0 Å². The Hall–Kier alpha value is -1.30. The van der Waals surface area contributed by atoms with Crippen molar-refractivity contribution in [1.29, 1.82) is 0 Å². The van der Waals surface area contributed by atoms with Gasteiger partial charge in [0, 0.05) is 19.1 Å². The topological polar surface area (TPSA) is 75.9 Å².